The van der Waals surface area contributed by atoms with Crippen LogP contribution >= 0.6 is 0 Å². The number of aryl methyl sites for hydroxylation is 2. The third-order valence-electron chi connectivity index (χ3n) is 4.80. The van der Waals surface area contributed by atoms with Crippen LogP contribution in [0.15, 0.2) is 12.1 Å². The SMILES string of the molecule is CCOC(=O)c1c(C)c(C(=O)COc2cc(C)cc(C)c2C)c(C)n1C. The maximum absolute atomic E-state index is 12.8. The van der Waals surface area contributed by atoms with Crippen LogP contribution in [0, 0.1) is 34.6 Å². The molecule has 1 aromatic carbocycles. The zero-order valence-corrected chi connectivity index (χ0v) is 16.6. The van der Waals surface area contributed by atoms with Gasteiger partial charge in [0.25, 0.3) is 0 Å². The standard InChI is InChI=1S/C21H27NO4/c1-8-25-21(24)20-15(5)19(16(6)22(20)7)17(23)11-26-18-10-12(2)9-13(3)14(18)4/h9-10H,8,11H2,1-7H3. The molecule has 0 aliphatic carbocycles. The Morgan fingerprint density at radius 2 is 1.69 bits per heavy atom. The maximum atomic E-state index is 12.8. The van der Waals surface area contributed by atoms with Crippen LogP contribution in [-0.4, -0.2) is 29.5 Å². The lowest BCUT2D eigenvalue weighted by Crippen LogP contribution is -2.14. The number of rotatable bonds is 6. The first-order valence-corrected chi connectivity index (χ1v) is 8.75. The van der Waals surface area contributed by atoms with Crippen LogP contribution in [0.3, 0.4) is 0 Å². The van der Waals surface area contributed by atoms with Gasteiger partial charge in [-0.2, -0.15) is 0 Å². The summed E-state index contributed by atoms with van der Waals surface area (Å²) >= 11 is 0. The molecule has 1 aromatic heterocycles. The lowest BCUT2D eigenvalue weighted by Gasteiger charge is -2.12. The fraction of sp³-hybridized carbons (Fsp3) is 0.429. The van der Waals surface area contributed by atoms with Crippen LogP contribution in [0.4, 0.5) is 0 Å². The van der Waals surface area contributed by atoms with Crippen molar-refractivity contribution in [2.45, 2.75) is 41.5 Å². The van der Waals surface area contributed by atoms with Crippen molar-refractivity contribution in [1.82, 2.24) is 4.57 Å². The number of aromatic nitrogens is 1. The van der Waals surface area contributed by atoms with Gasteiger partial charge in [0.15, 0.2) is 6.61 Å². The number of esters is 1. The molecule has 0 atom stereocenters. The number of ether oxygens (including phenoxy) is 2. The smallest absolute Gasteiger partial charge is 0.355 e. The number of nitrogens with zero attached hydrogens (tertiary/aromatic N) is 1. The first kappa shape index (κ1) is 19.8. The molecule has 2 rings (SSSR count). The van der Waals surface area contributed by atoms with Gasteiger partial charge in [-0.25, -0.2) is 4.79 Å². The highest BCUT2D eigenvalue weighted by Gasteiger charge is 2.25. The number of hydrogen-bond acceptors (Lipinski definition) is 4. The van der Waals surface area contributed by atoms with Crippen molar-refractivity contribution >= 4 is 11.8 Å². The summed E-state index contributed by atoms with van der Waals surface area (Å²) in [6.07, 6.45) is 0. The zero-order valence-electron chi connectivity index (χ0n) is 16.6. The molecule has 0 N–H and O–H groups in total. The number of hydrogen-bond donors (Lipinski definition) is 0. The second-order valence-electron chi connectivity index (χ2n) is 6.63. The average Bonchev–Trinajstić information content (AvgIpc) is 2.79. The minimum atomic E-state index is -0.416. The molecule has 0 spiro atoms. The molecule has 2 aromatic rings. The van der Waals surface area contributed by atoms with E-state index in [4.69, 9.17) is 9.47 Å². The third-order valence-corrected chi connectivity index (χ3v) is 4.80. The highest BCUT2D eigenvalue weighted by molar-refractivity contribution is 6.03. The molecule has 5 heteroatoms. The normalized spacial score (nSPS) is 10.7. The van der Waals surface area contributed by atoms with Gasteiger partial charge in [-0.05, 0) is 69.9 Å². The quantitative estimate of drug-likeness (QED) is 0.579. The van der Waals surface area contributed by atoms with Gasteiger partial charge >= 0.3 is 5.97 Å². The van der Waals surface area contributed by atoms with Gasteiger partial charge in [0.1, 0.15) is 11.4 Å². The molecule has 1 heterocycles. The van der Waals surface area contributed by atoms with Gasteiger partial charge in [0.2, 0.25) is 5.78 Å². The third kappa shape index (κ3) is 3.66. The molecule has 0 unspecified atom stereocenters. The second-order valence-corrected chi connectivity index (χ2v) is 6.63. The number of carbonyl (C=O) groups is 2. The summed E-state index contributed by atoms with van der Waals surface area (Å²) in [6.45, 7) is 11.6. The number of benzene rings is 1. The summed E-state index contributed by atoms with van der Waals surface area (Å²) < 4.78 is 12.6. The molecule has 140 valence electrons. The molecule has 0 aliphatic rings. The van der Waals surface area contributed by atoms with Gasteiger partial charge < -0.3 is 14.0 Å². The van der Waals surface area contributed by atoms with E-state index in [1.54, 1.807) is 25.5 Å². The molecule has 0 bridgehead atoms. The minimum absolute atomic E-state index is 0.0717. The van der Waals surface area contributed by atoms with Gasteiger partial charge in [0, 0.05) is 18.3 Å². The van der Waals surface area contributed by atoms with Gasteiger partial charge in [-0.1, -0.05) is 6.07 Å². The lowest BCUT2D eigenvalue weighted by atomic mass is 10.0. The summed E-state index contributed by atoms with van der Waals surface area (Å²) in [4.78, 5) is 25.0. The van der Waals surface area contributed by atoms with E-state index in [-0.39, 0.29) is 12.4 Å². The molecule has 0 aliphatic heterocycles. The fourth-order valence-corrected chi connectivity index (χ4v) is 3.24. The van der Waals surface area contributed by atoms with E-state index in [1.165, 1.54) is 0 Å². The van der Waals surface area contributed by atoms with Crippen molar-refractivity contribution in [3.05, 3.63) is 51.3 Å². The van der Waals surface area contributed by atoms with E-state index in [2.05, 4.69) is 6.07 Å². The Bertz CT molecular complexity index is 862. The first-order valence-electron chi connectivity index (χ1n) is 8.75. The Morgan fingerprint density at radius 1 is 1.04 bits per heavy atom. The molecule has 0 amide bonds. The van der Waals surface area contributed by atoms with Gasteiger partial charge in [-0.15, -0.1) is 0 Å². The summed E-state index contributed by atoms with van der Waals surface area (Å²) in [6, 6.07) is 4.02. The molecule has 0 saturated carbocycles. The Labute approximate surface area is 154 Å². The molecular formula is C21H27NO4. The topological polar surface area (TPSA) is 57.5 Å². The van der Waals surface area contributed by atoms with Crippen LogP contribution in [0.2, 0.25) is 0 Å². The number of Topliss-reactive ketones (excluding diaryl/α,β-unsaturated/α-hetero) is 1. The van der Waals surface area contributed by atoms with E-state index in [0.717, 1.165) is 22.4 Å². The van der Waals surface area contributed by atoms with Crippen LogP contribution in [0.25, 0.3) is 0 Å². The van der Waals surface area contributed by atoms with Crippen molar-refractivity contribution in [1.29, 1.82) is 0 Å². The van der Waals surface area contributed by atoms with E-state index in [1.807, 2.05) is 33.8 Å². The van der Waals surface area contributed by atoms with E-state index >= 15 is 0 Å². The largest absolute Gasteiger partial charge is 0.485 e. The van der Waals surface area contributed by atoms with Crippen molar-refractivity contribution < 1.29 is 19.1 Å². The Balaban J connectivity index is 2.28. The Kier molecular flexibility index (Phi) is 5.90. The monoisotopic (exact) mass is 357 g/mol. The molecular weight excluding hydrogens is 330 g/mol. The fourth-order valence-electron chi connectivity index (χ4n) is 3.24. The second kappa shape index (κ2) is 7.77. The highest BCUT2D eigenvalue weighted by atomic mass is 16.5. The summed E-state index contributed by atoms with van der Waals surface area (Å²) in [5.74, 6) is 0.151. The maximum Gasteiger partial charge on any atom is 0.355 e. The first-order chi connectivity index (χ1) is 12.2. The predicted molar refractivity (Wildman–Crippen MR) is 101 cm³/mol. The van der Waals surface area contributed by atoms with Crippen molar-refractivity contribution in [3.63, 3.8) is 0 Å². The Hall–Kier alpha value is -2.56. The van der Waals surface area contributed by atoms with Gasteiger partial charge in [0.05, 0.1) is 6.61 Å². The zero-order chi connectivity index (χ0) is 19.6. The molecule has 0 saturated heterocycles. The van der Waals surface area contributed by atoms with E-state index < -0.39 is 5.97 Å². The summed E-state index contributed by atoms with van der Waals surface area (Å²) in [5.41, 5.74) is 5.55. The summed E-state index contributed by atoms with van der Waals surface area (Å²) in [5, 5.41) is 0. The van der Waals surface area contributed by atoms with Crippen molar-refractivity contribution in [2.75, 3.05) is 13.2 Å². The van der Waals surface area contributed by atoms with E-state index in [9.17, 15) is 9.59 Å². The molecule has 0 fully saturated rings. The van der Waals surface area contributed by atoms with E-state index in [0.29, 0.717) is 29.2 Å². The van der Waals surface area contributed by atoms with Crippen LogP contribution in [-0.2, 0) is 11.8 Å². The molecule has 26 heavy (non-hydrogen) atoms. The number of carbonyl (C=O) groups excluding carboxylic acids is 2. The Morgan fingerprint density at radius 3 is 2.31 bits per heavy atom. The van der Waals surface area contributed by atoms with Crippen LogP contribution < -0.4 is 4.74 Å². The lowest BCUT2D eigenvalue weighted by molar-refractivity contribution is 0.0514. The summed E-state index contributed by atoms with van der Waals surface area (Å²) in [7, 11) is 1.76. The van der Waals surface area contributed by atoms with Crippen LogP contribution in [0.5, 0.6) is 5.75 Å². The molecule has 5 nitrogen and oxygen atoms in total. The number of ketones is 1. The molecule has 0 radical (unpaired) electrons. The highest BCUT2D eigenvalue weighted by Crippen LogP contribution is 2.25. The average molecular weight is 357 g/mol. The predicted octanol–water partition coefficient (Wildman–Crippen LogP) is 4.01. The van der Waals surface area contributed by atoms with Crippen LogP contribution in [0.1, 0.15) is 55.7 Å². The van der Waals surface area contributed by atoms with Crippen molar-refractivity contribution in [2.24, 2.45) is 7.05 Å². The minimum Gasteiger partial charge on any atom is -0.485 e. The van der Waals surface area contributed by atoms with Gasteiger partial charge in [-0.3, -0.25) is 4.79 Å². The van der Waals surface area contributed by atoms with Crippen molar-refractivity contribution in [3.8, 4) is 5.75 Å².